The molecule has 7 heteroatoms. The number of benzene rings is 2. The van der Waals surface area contributed by atoms with Gasteiger partial charge in [0.1, 0.15) is 11.4 Å². The van der Waals surface area contributed by atoms with Crippen LogP contribution in [0.4, 0.5) is 4.39 Å². The van der Waals surface area contributed by atoms with Crippen molar-refractivity contribution in [3.05, 3.63) is 71.3 Å². The molecule has 33 heavy (non-hydrogen) atoms. The Labute approximate surface area is 191 Å². The SMILES string of the molecule is O=C(O)c1cnn(-c2cccc(-c3cccc(C(=O)N4CCCCCC4)c3F)c2)c1C1CC1. The van der Waals surface area contributed by atoms with Crippen LogP contribution in [0.25, 0.3) is 16.8 Å². The topological polar surface area (TPSA) is 75.4 Å². The number of carboxylic acids is 1. The van der Waals surface area contributed by atoms with Gasteiger partial charge in [-0.1, -0.05) is 37.1 Å². The second-order valence-corrected chi connectivity index (χ2v) is 8.86. The van der Waals surface area contributed by atoms with Crippen molar-refractivity contribution in [3.63, 3.8) is 0 Å². The van der Waals surface area contributed by atoms with Gasteiger partial charge in [-0.25, -0.2) is 13.9 Å². The number of carbonyl (C=O) groups is 2. The first-order chi connectivity index (χ1) is 16.0. The highest BCUT2D eigenvalue weighted by molar-refractivity contribution is 5.96. The molecule has 0 unspecified atom stereocenters. The second-order valence-electron chi connectivity index (χ2n) is 8.86. The Bertz CT molecular complexity index is 1210. The van der Waals surface area contributed by atoms with Gasteiger partial charge in [-0.2, -0.15) is 5.10 Å². The number of aromatic nitrogens is 2. The van der Waals surface area contributed by atoms with E-state index in [9.17, 15) is 14.7 Å². The fourth-order valence-corrected chi connectivity index (χ4v) is 4.65. The molecule has 0 spiro atoms. The van der Waals surface area contributed by atoms with E-state index in [1.54, 1.807) is 46.0 Å². The van der Waals surface area contributed by atoms with Crippen molar-refractivity contribution in [1.29, 1.82) is 0 Å². The second kappa shape index (κ2) is 8.81. The molecule has 1 aliphatic heterocycles. The molecule has 1 N–H and O–H groups in total. The number of hydrogen-bond acceptors (Lipinski definition) is 3. The Morgan fingerprint density at radius 2 is 1.70 bits per heavy atom. The van der Waals surface area contributed by atoms with Gasteiger partial charge in [0.05, 0.1) is 23.1 Å². The summed E-state index contributed by atoms with van der Waals surface area (Å²) in [5.41, 5.74) is 2.61. The Balaban J connectivity index is 1.51. The highest BCUT2D eigenvalue weighted by Crippen LogP contribution is 2.42. The van der Waals surface area contributed by atoms with E-state index in [1.165, 1.54) is 6.20 Å². The van der Waals surface area contributed by atoms with Crippen LogP contribution in [0.3, 0.4) is 0 Å². The molecular weight excluding hydrogens is 421 g/mol. The average Bonchev–Trinajstić information content (AvgIpc) is 3.61. The Kier molecular flexibility index (Phi) is 5.70. The van der Waals surface area contributed by atoms with Gasteiger partial charge in [-0.05, 0) is 49.4 Å². The maximum atomic E-state index is 15.6. The molecule has 170 valence electrons. The van der Waals surface area contributed by atoms with Crippen LogP contribution in [0.1, 0.15) is 70.9 Å². The van der Waals surface area contributed by atoms with Crippen LogP contribution in [0.15, 0.2) is 48.7 Å². The summed E-state index contributed by atoms with van der Waals surface area (Å²) in [4.78, 5) is 26.5. The van der Waals surface area contributed by atoms with Crippen molar-refractivity contribution in [2.45, 2.75) is 44.4 Å². The molecule has 2 aromatic carbocycles. The van der Waals surface area contributed by atoms with Crippen molar-refractivity contribution in [1.82, 2.24) is 14.7 Å². The molecule has 3 aromatic rings. The van der Waals surface area contributed by atoms with Crippen molar-refractivity contribution >= 4 is 11.9 Å². The van der Waals surface area contributed by atoms with Crippen molar-refractivity contribution in [2.75, 3.05) is 13.1 Å². The smallest absolute Gasteiger partial charge is 0.339 e. The molecule has 1 saturated carbocycles. The summed E-state index contributed by atoms with van der Waals surface area (Å²) >= 11 is 0. The molecule has 5 rings (SSSR count). The first-order valence-electron chi connectivity index (χ1n) is 11.5. The van der Waals surface area contributed by atoms with Gasteiger partial charge in [-0.15, -0.1) is 0 Å². The summed E-state index contributed by atoms with van der Waals surface area (Å²) in [5, 5.41) is 13.9. The van der Waals surface area contributed by atoms with E-state index in [2.05, 4.69) is 5.10 Å². The quantitative estimate of drug-likeness (QED) is 0.578. The lowest BCUT2D eigenvalue weighted by molar-refractivity contribution is 0.0694. The minimum Gasteiger partial charge on any atom is -0.478 e. The van der Waals surface area contributed by atoms with Gasteiger partial charge >= 0.3 is 5.97 Å². The number of likely N-dealkylation sites (tertiary alicyclic amines) is 1. The van der Waals surface area contributed by atoms with Gasteiger partial charge in [0, 0.05) is 24.6 Å². The lowest BCUT2D eigenvalue weighted by Gasteiger charge is -2.21. The summed E-state index contributed by atoms with van der Waals surface area (Å²) < 4.78 is 17.2. The van der Waals surface area contributed by atoms with Crippen LogP contribution < -0.4 is 0 Å². The van der Waals surface area contributed by atoms with Crippen molar-refractivity contribution in [3.8, 4) is 16.8 Å². The van der Waals surface area contributed by atoms with E-state index < -0.39 is 11.8 Å². The van der Waals surface area contributed by atoms with Crippen molar-refractivity contribution < 1.29 is 19.1 Å². The standard InChI is InChI=1S/C26H26FN3O3/c27-23-20(9-6-10-21(23)25(31)29-13-3-1-2-4-14-29)18-7-5-8-19(15-18)30-24(17-11-12-17)22(16-28-30)26(32)33/h5-10,15-17H,1-4,11-14H2,(H,32,33). The number of nitrogens with zero attached hydrogens (tertiary/aromatic N) is 3. The molecule has 2 fully saturated rings. The van der Waals surface area contributed by atoms with Crippen LogP contribution in [0.5, 0.6) is 0 Å². The summed E-state index contributed by atoms with van der Waals surface area (Å²) in [7, 11) is 0. The third-order valence-corrected chi connectivity index (χ3v) is 6.53. The summed E-state index contributed by atoms with van der Waals surface area (Å²) in [6.45, 7) is 1.32. The number of carboxylic acid groups (broad SMARTS) is 1. The molecule has 1 aliphatic carbocycles. The van der Waals surface area contributed by atoms with Gasteiger partial charge < -0.3 is 10.0 Å². The van der Waals surface area contributed by atoms with Crippen LogP contribution in [0.2, 0.25) is 0 Å². The van der Waals surface area contributed by atoms with E-state index in [1.807, 2.05) is 6.07 Å². The van der Waals surface area contributed by atoms with Crippen LogP contribution in [-0.2, 0) is 0 Å². The maximum Gasteiger partial charge on any atom is 0.339 e. The zero-order chi connectivity index (χ0) is 22.9. The molecule has 1 aromatic heterocycles. The molecular formula is C26H26FN3O3. The molecule has 1 saturated heterocycles. The molecule has 6 nitrogen and oxygen atoms in total. The zero-order valence-electron chi connectivity index (χ0n) is 18.3. The third-order valence-electron chi connectivity index (χ3n) is 6.53. The molecule has 1 amide bonds. The van der Waals surface area contributed by atoms with Gasteiger partial charge in [-0.3, -0.25) is 4.79 Å². The fraction of sp³-hybridized carbons (Fsp3) is 0.346. The highest BCUT2D eigenvalue weighted by atomic mass is 19.1. The van der Waals surface area contributed by atoms with E-state index in [0.29, 0.717) is 35.6 Å². The first-order valence-corrected chi connectivity index (χ1v) is 11.5. The largest absolute Gasteiger partial charge is 0.478 e. The zero-order valence-corrected chi connectivity index (χ0v) is 18.3. The maximum absolute atomic E-state index is 15.6. The Morgan fingerprint density at radius 3 is 2.39 bits per heavy atom. The number of carbonyl (C=O) groups excluding carboxylic acids is 1. The van der Waals surface area contributed by atoms with Gasteiger partial charge in [0.15, 0.2) is 0 Å². The molecule has 2 heterocycles. The molecule has 0 radical (unpaired) electrons. The van der Waals surface area contributed by atoms with E-state index in [-0.39, 0.29) is 23.0 Å². The number of halogens is 1. The fourth-order valence-electron chi connectivity index (χ4n) is 4.65. The average molecular weight is 448 g/mol. The summed E-state index contributed by atoms with van der Waals surface area (Å²) in [6, 6.07) is 12.1. The Morgan fingerprint density at radius 1 is 0.970 bits per heavy atom. The predicted molar refractivity (Wildman–Crippen MR) is 122 cm³/mol. The number of amides is 1. The lowest BCUT2D eigenvalue weighted by atomic mass is 10.0. The predicted octanol–water partition coefficient (Wildman–Crippen LogP) is 5.27. The number of aromatic carboxylic acids is 1. The minimum absolute atomic E-state index is 0.0886. The summed E-state index contributed by atoms with van der Waals surface area (Å²) in [6.07, 6.45) is 7.32. The normalized spacial score (nSPS) is 16.5. The van der Waals surface area contributed by atoms with Crippen molar-refractivity contribution in [2.24, 2.45) is 0 Å². The van der Waals surface area contributed by atoms with Crippen LogP contribution in [-0.4, -0.2) is 44.8 Å². The Hall–Kier alpha value is -3.48. The monoisotopic (exact) mass is 447 g/mol. The molecule has 2 aliphatic rings. The highest BCUT2D eigenvalue weighted by Gasteiger charge is 2.33. The lowest BCUT2D eigenvalue weighted by Crippen LogP contribution is -2.32. The molecule has 0 bridgehead atoms. The van der Waals surface area contributed by atoms with Gasteiger partial charge in [0.25, 0.3) is 5.91 Å². The van der Waals surface area contributed by atoms with E-state index >= 15 is 4.39 Å². The van der Waals surface area contributed by atoms with E-state index in [0.717, 1.165) is 38.5 Å². The first kappa shape index (κ1) is 21.4. The molecule has 0 atom stereocenters. The minimum atomic E-state index is -0.995. The van der Waals surface area contributed by atoms with E-state index in [4.69, 9.17) is 0 Å². The summed E-state index contributed by atoms with van der Waals surface area (Å²) in [5.74, 6) is -1.61. The van der Waals surface area contributed by atoms with Crippen LogP contribution in [0, 0.1) is 5.82 Å². The number of hydrogen-bond donors (Lipinski definition) is 1. The van der Waals surface area contributed by atoms with Crippen LogP contribution >= 0.6 is 0 Å². The van der Waals surface area contributed by atoms with Gasteiger partial charge in [0.2, 0.25) is 0 Å². The third kappa shape index (κ3) is 4.15. The number of rotatable bonds is 5.